The molecule has 0 aliphatic rings. The van der Waals surface area contributed by atoms with E-state index in [1.807, 2.05) is 6.07 Å². The van der Waals surface area contributed by atoms with Gasteiger partial charge in [0.1, 0.15) is 0 Å². The summed E-state index contributed by atoms with van der Waals surface area (Å²) in [6, 6.07) is 16.6. The molecule has 1 unspecified atom stereocenters. The van der Waals surface area contributed by atoms with E-state index in [1.165, 1.54) is 16.5 Å². The van der Waals surface area contributed by atoms with Crippen LogP contribution in [0.3, 0.4) is 0 Å². The number of aliphatic hydroxyl groups is 1. The Bertz CT molecular complexity index is 702. The Morgan fingerprint density at radius 1 is 1.05 bits per heavy atom. The van der Waals surface area contributed by atoms with Crippen molar-refractivity contribution >= 4 is 26.8 Å². The monoisotopic (exact) mass is 329 g/mol. The third kappa shape index (κ3) is 2.51. The predicted octanol–water partition coefficient (Wildman–Crippen LogP) is 4.44. The fraction of sp³-hybridized carbons (Fsp3) is 0.176. The highest BCUT2D eigenvalue weighted by molar-refractivity contribution is 9.10. The van der Waals surface area contributed by atoms with Gasteiger partial charge in [-0.1, -0.05) is 46.3 Å². The molecule has 0 amide bonds. The Morgan fingerprint density at radius 2 is 1.80 bits per heavy atom. The van der Waals surface area contributed by atoms with Gasteiger partial charge in [0.05, 0.1) is 0 Å². The van der Waals surface area contributed by atoms with E-state index in [2.05, 4.69) is 69.6 Å². The molecule has 1 aromatic heterocycles. The summed E-state index contributed by atoms with van der Waals surface area (Å²) in [5, 5.41) is 10.6. The van der Waals surface area contributed by atoms with Gasteiger partial charge in [-0.25, -0.2) is 0 Å². The van der Waals surface area contributed by atoms with Crippen molar-refractivity contribution in [3.63, 3.8) is 0 Å². The van der Waals surface area contributed by atoms with Gasteiger partial charge in [0.2, 0.25) is 0 Å². The van der Waals surface area contributed by atoms with Crippen LogP contribution in [-0.2, 0) is 0 Å². The van der Waals surface area contributed by atoms with Gasteiger partial charge >= 0.3 is 0 Å². The number of para-hydroxylation sites is 1. The lowest BCUT2D eigenvalue weighted by atomic mass is 9.88. The molecule has 2 N–H and O–H groups in total. The van der Waals surface area contributed by atoms with E-state index in [4.69, 9.17) is 0 Å². The van der Waals surface area contributed by atoms with E-state index in [-0.39, 0.29) is 12.5 Å². The summed E-state index contributed by atoms with van der Waals surface area (Å²) >= 11 is 3.47. The Labute approximate surface area is 126 Å². The highest BCUT2D eigenvalue weighted by Crippen LogP contribution is 2.33. The van der Waals surface area contributed by atoms with Crippen molar-refractivity contribution in [3.8, 4) is 0 Å². The highest BCUT2D eigenvalue weighted by Gasteiger charge is 2.17. The van der Waals surface area contributed by atoms with Crippen molar-refractivity contribution in [1.29, 1.82) is 0 Å². The molecule has 3 rings (SSSR count). The van der Waals surface area contributed by atoms with Crippen LogP contribution < -0.4 is 0 Å². The molecule has 0 bridgehead atoms. The van der Waals surface area contributed by atoms with Crippen molar-refractivity contribution in [3.05, 3.63) is 70.3 Å². The molecule has 0 saturated heterocycles. The van der Waals surface area contributed by atoms with Gasteiger partial charge in [0, 0.05) is 34.1 Å². The maximum absolute atomic E-state index is 9.40. The summed E-state index contributed by atoms with van der Waals surface area (Å²) in [6.07, 6.45) is 2.79. The Balaban J connectivity index is 2.08. The van der Waals surface area contributed by atoms with Gasteiger partial charge < -0.3 is 10.1 Å². The lowest BCUT2D eigenvalue weighted by molar-refractivity contribution is 0.282. The van der Waals surface area contributed by atoms with Crippen LogP contribution in [0.5, 0.6) is 0 Å². The van der Waals surface area contributed by atoms with E-state index in [0.717, 1.165) is 16.4 Å². The van der Waals surface area contributed by atoms with E-state index >= 15 is 0 Å². The van der Waals surface area contributed by atoms with Crippen LogP contribution in [0.2, 0.25) is 0 Å². The maximum Gasteiger partial charge on any atom is 0.0457 e. The molecule has 3 aromatic rings. The molecule has 1 atom stereocenters. The van der Waals surface area contributed by atoms with Gasteiger partial charge in [-0.05, 0) is 35.7 Å². The number of hydrogen-bond acceptors (Lipinski definition) is 1. The van der Waals surface area contributed by atoms with Gasteiger partial charge in [-0.3, -0.25) is 0 Å². The average molecular weight is 330 g/mol. The molecule has 0 radical (unpaired) electrons. The molecule has 20 heavy (non-hydrogen) atoms. The molecule has 3 heteroatoms. The number of H-pyrrole nitrogens is 1. The third-order valence-electron chi connectivity index (χ3n) is 3.69. The van der Waals surface area contributed by atoms with Crippen molar-refractivity contribution in [1.82, 2.24) is 4.98 Å². The number of aromatic amines is 1. The van der Waals surface area contributed by atoms with E-state index < -0.39 is 0 Å². The molecule has 1 heterocycles. The topological polar surface area (TPSA) is 36.0 Å². The van der Waals surface area contributed by atoms with Crippen molar-refractivity contribution in [2.45, 2.75) is 12.3 Å². The number of nitrogens with one attached hydrogen (secondary N) is 1. The molecular weight excluding hydrogens is 314 g/mol. The lowest BCUT2D eigenvalue weighted by Crippen LogP contribution is -2.03. The molecule has 0 saturated carbocycles. The second-order valence-electron chi connectivity index (χ2n) is 4.91. The largest absolute Gasteiger partial charge is 0.396 e. The Morgan fingerprint density at radius 3 is 2.55 bits per heavy atom. The molecule has 102 valence electrons. The second kappa shape index (κ2) is 5.81. The lowest BCUT2D eigenvalue weighted by Gasteiger charge is -2.16. The van der Waals surface area contributed by atoms with E-state index in [9.17, 15) is 5.11 Å². The Hall–Kier alpha value is -1.58. The fourth-order valence-corrected chi connectivity index (χ4v) is 2.97. The first-order chi connectivity index (χ1) is 9.79. The number of rotatable bonds is 4. The first kappa shape index (κ1) is 13.4. The van der Waals surface area contributed by atoms with Crippen LogP contribution in [0, 0.1) is 0 Å². The van der Waals surface area contributed by atoms with Crippen LogP contribution in [-0.4, -0.2) is 16.7 Å². The molecule has 0 aliphatic carbocycles. The molecule has 2 aromatic carbocycles. The molecule has 0 aliphatic heterocycles. The van der Waals surface area contributed by atoms with Crippen LogP contribution in [0.15, 0.2) is 59.2 Å². The summed E-state index contributed by atoms with van der Waals surface area (Å²) in [7, 11) is 0. The van der Waals surface area contributed by atoms with Crippen LogP contribution in [0.1, 0.15) is 23.5 Å². The summed E-state index contributed by atoms with van der Waals surface area (Å²) in [6.45, 7) is 0.181. The van der Waals surface area contributed by atoms with Crippen molar-refractivity contribution in [2.75, 3.05) is 6.61 Å². The fourth-order valence-electron chi connectivity index (χ4n) is 2.71. The zero-order valence-corrected chi connectivity index (χ0v) is 12.6. The number of hydrogen-bond donors (Lipinski definition) is 2. The second-order valence-corrected chi connectivity index (χ2v) is 5.82. The average Bonchev–Trinajstić information content (AvgIpc) is 2.90. The number of fused-ring (bicyclic) bond motifs is 1. The molecule has 0 fully saturated rings. The minimum atomic E-state index is 0.181. The summed E-state index contributed by atoms with van der Waals surface area (Å²) < 4.78 is 1.07. The highest BCUT2D eigenvalue weighted by atomic mass is 79.9. The van der Waals surface area contributed by atoms with Crippen molar-refractivity contribution in [2.24, 2.45) is 0 Å². The predicted molar refractivity (Wildman–Crippen MR) is 86.0 cm³/mol. The Kier molecular flexibility index (Phi) is 3.90. The minimum absolute atomic E-state index is 0.181. The number of halogens is 1. The number of benzene rings is 2. The summed E-state index contributed by atoms with van der Waals surface area (Å²) in [5.74, 6) is 0.212. The summed E-state index contributed by atoms with van der Waals surface area (Å²) in [5.41, 5.74) is 3.62. The third-order valence-corrected chi connectivity index (χ3v) is 4.22. The van der Waals surface area contributed by atoms with Crippen LogP contribution >= 0.6 is 15.9 Å². The standard InChI is InChI=1S/C17H16BrNO/c18-13-7-5-12(6-8-13)14(9-10-20)16-11-19-17-4-2-1-3-15(16)17/h1-8,11,14,19-20H,9-10H2. The van der Waals surface area contributed by atoms with Gasteiger partial charge in [0.15, 0.2) is 0 Å². The SMILES string of the molecule is OCCC(c1ccc(Br)cc1)c1c[nH]c2ccccc12. The van der Waals surface area contributed by atoms with E-state index in [0.29, 0.717) is 0 Å². The van der Waals surface area contributed by atoms with Gasteiger partial charge in [-0.2, -0.15) is 0 Å². The molecule has 2 nitrogen and oxygen atoms in total. The zero-order chi connectivity index (χ0) is 13.9. The number of aliphatic hydroxyl groups excluding tert-OH is 1. The maximum atomic E-state index is 9.40. The first-order valence-corrected chi connectivity index (χ1v) is 7.51. The normalized spacial score (nSPS) is 12.7. The van der Waals surface area contributed by atoms with Crippen molar-refractivity contribution < 1.29 is 5.11 Å². The quantitative estimate of drug-likeness (QED) is 0.729. The van der Waals surface area contributed by atoms with Gasteiger partial charge in [-0.15, -0.1) is 0 Å². The summed E-state index contributed by atoms with van der Waals surface area (Å²) in [4.78, 5) is 3.32. The zero-order valence-electron chi connectivity index (χ0n) is 11.0. The van der Waals surface area contributed by atoms with Gasteiger partial charge in [0.25, 0.3) is 0 Å². The molecular formula is C17H16BrNO. The van der Waals surface area contributed by atoms with Crippen LogP contribution in [0.25, 0.3) is 10.9 Å². The van der Waals surface area contributed by atoms with Crippen LogP contribution in [0.4, 0.5) is 0 Å². The number of aromatic nitrogens is 1. The molecule has 0 spiro atoms. The van der Waals surface area contributed by atoms with E-state index in [1.54, 1.807) is 0 Å². The smallest absolute Gasteiger partial charge is 0.0457 e. The first-order valence-electron chi connectivity index (χ1n) is 6.72. The minimum Gasteiger partial charge on any atom is -0.396 e.